The first-order chi connectivity index (χ1) is 13.5. The van der Waals surface area contributed by atoms with Gasteiger partial charge in [-0.05, 0) is 71.8 Å². The van der Waals surface area contributed by atoms with Crippen LogP contribution in [0.5, 0.6) is 0 Å². The molecule has 0 spiro atoms. The number of hydrogen-bond donors (Lipinski definition) is 0. The van der Waals surface area contributed by atoms with E-state index in [2.05, 4.69) is 45.9 Å². The van der Waals surface area contributed by atoms with Crippen molar-refractivity contribution in [1.29, 1.82) is 0 Å². The first kappa shape index (κ1) is 20.5. The van der Waals surface area contributed by atoms with Crippen molar-refractivity contribution in [3.63, 3.8) is 0 Å². The minimum atomic E-state index is -0.561. The second kappa shape index (κ2) is 6.88. The predicted octanol–water partition coefficient (Wildman–Crippen LogP) is 5.07. The summed E-state index contributed by atoms with van der Waals surface area (Å²) in [6.45, 7) is 12.3. The molecule has 1 aromatic rings. The molecular formula is C23H32BNO4. The zero-order valence-corrected chi connectivity index (χ0v) is 18.4. The van der Waals surface area contributed by atoms with E-state index in [1.165, 1.54) is 5.47 Å². The Labute approximate surface area is 174 Å². The van der Waals surface area contributed by atoms with Crippen LogP contribution in [0.4, 0.5) is 4.79 Å². The topological polar surface area (TPSA) is 48.0 Å². The Morgan fingerprint density at radius 2 is 1.62 bits per heavy atom. The molecule has 1 amide bonds. The maximum atomic E-state index is 12.8. The highest BCUT2D eigenvalue weighted by atomic mass is 16.7. The van der Waals surface area contributed by atoms with E-state index in [1.54, 1.807) is 0 Å². The molecule has 2 saturated heterocycles. The molecule has 6 heteroatoms. The Morgan fingerprint density at radius 1 is 1.00 bits per heavy atom. The number of rotatable bonds is 3. The second-order valence-corrected chi connectivity index (χ2v) is 9.99. The van der Waals surface area contributed by atoms with Crippen LogP contribution in [-0.2, 0) is 14.0 Å². The molecule has 3 aliphatic rings. The number of hydrogen-bond acceptors (Lipinski definition) is 4. The molecule has 0 aromatic heterocycles. The molecule has 156 valence electrons. The molecule has 2 unspecified atom stereocenters. The molecule has 2 aliphatic heterocycles. The first-order valence-corrected chi connectivity index (χ1v) is 10.6. The number of allylic oxidation sites excluding steroid dienone is 1. The standard InChI is InChI=1S/C23H32BNO4/c1-21(2)19(16-10-8-7-9-11-16)25(20(26)27-21)18-14-12-17(13-15-18)24-28-22(3,4)23(5,6)29-24/h7-12,18-19H,13-15H2,1-6H3. The van der Waals surface area contributed by atoms with E-state index in [-0.39, 0.29) is 36.5 Å². The fourth-order valence-corrected chi connectivity index (χ4v) is 4.63. The second-order valence-electron chi connectivity index (χ2n) is 9.99. The van der Waals surface area contributed by atoms with E-state index in [4.69, 9.17) is 14.0 Å². The van der Waals surface area contributed by atoms with Crippen molar-refractivity contribution in [2.24, 2.45) is 0 Å². The van der Waals surface area contributed by atoms with Gasteiger partial charge in [0.1, 0.15) is 5.60 Å². The molecule has 1 aliphatic carbocycles. The maximum Gasteiger partial charge on any atom is 0.490 e. The van der Waals surface area contributed by atoms with Crippen LogP contribution in [0.1, 0.15) is 72.4 Å². The first-order valence-electron chi connectivity index (χ1n) is 10.6. The van der Waals surface area contributed by atoms with E-state index in [0.717, 1.165) is 24.8 Å². The summed E-state index contributed by atoms with van der Waals surface area (Å²) in [5, 5.41) is 0. The van der Waals surface area contributed by atoms with Gasteiger partial charge in [-0.1, -0.05) is 36.4 Å². The quantitative estimate of drug-likeness (QED) is 0.669. The SMILES string of the molecule is CC1(C)OC(=O)N(C2CC=C(B3OC(C)(C)C(C)(C)O3)CC2)C1c1ccccc1. The number of nitrogens with zero attached hydrogens (tertiary/aromatic N) is 1. The molecule has 1 aromatic carbocycles. The summed E-state index contributed by atoms with van der Waals surface area (Å²) >= 11 is 0. The summed E-state index contributed by atoms with van der Waals surface area (Å²) in [6, 6.07) is 10.2. The van der Waals surface area contributed by atoms with E-state index >= 15 is 0 Å². The van der Waals surface area contributed by atoms with Gasteiger partial charge in [-0.25, -0.2) is 4.79 Å². The van der Waals surface area contributed by atoms with Gasteiger partial charge in [0.15, 0.2) is 0 Å². The van der Waals surface area contributed by atoms with Gasteiger partial charge in [0.25, 0.3) is 0 Å². The molecule has 0 radical (unpaired) electrons. The van der Waals surface area contributed by atoms with Crippen molar-refractivity contribution in [2.75, 3.05) is 0 Å². The van der Waals surface area contributed by atoms with Crippen molar-refractivity contribution >= 4 is 13.2 Å². The van der Waals surface area contributed by atoms with Crippen LogP contribution >= 0.6 is 0 Å². The molecule has 4 rings (SSSR count). The lowest BCUT2D eigenvalue weighted by Crippen LogP contribution is -2.42. The van der Waals surface area contributed by atoms with Crippen LogP contribution in [0, 0.1) is 0 Å². The van der Waals surface area contributed by atoms with E-state index in [1.807, 2.05) is 36.9 Å². The van der Waals surface area contributed by atoms with Crippen LogP contribution in [0.15, 0.2) is 41.9 Å². The van der Waals surface area contributed by atoms with Crippen LogP contribution in [-0.4, -0.2) is 41.0 Å². The van der Waals surface area contributed by atoms with Gasteiger partial charge in [0.2, 0.25) is 0 Å². The van der Waals surface area contributed by atoms with Gasteiger partial charge < -0.3 is 14.0 Å². The van der Waals surface area contributed by atoms with Crippen molar-refractivity contribution in [3.05, 3.63) is 47.4 Å². The normalized spacial score (nSPS) is 30.3. The Morgan fingerprint density at radius 3 is 2.17 bits per heavy atom. The molecular weight excluding hydrogens is 365 g/mol. The van der Waals surface area contributed by atoms with Crippen LogP contribution < -0.4 is 0 Å². The van der Waals surface area contributed by atoms with Gasteiger partial charge in [0.05, 0.1) is 17.2 Å². The third kappa shape index (κ3) is 3.51. The van der Waals surface area contributed by atoms with Gasteiger partial charge in [-0.3, -0.25) is 4.90 Å². The molecule has 0 saturated carbocycles. The minimum Gasteiger partial charge on any atom is -0.441 e. The predicted molar refractivity (Wildman–Crippen MR) is 113 cm³/mol. The van der Waals surface area contributed by atoms with E-state index in [0.29, 0.717) is 0 Å². The summed E-state index contributed by atoms with van der Waals surface area (Å²) in [5.74, 6) is 0. The van der Waals surface area contributed by atoms with Gasteiger partial charge >= 0.3 is 13.2 Å². The largest absolute Gasteiger partial charge is 0.490 e. The summed E-state index contributed by atoms with van der Waals surface area (Å²) in [4.78, 5) is 14.8. The fraction of sp³-hybridized carbons (Fsp3) is 0.609. The summed E-state index contributed by atoms with van der Waals surface area (Å²) in [6.07, 6.45) is 4.50. The van der Waals surface area contributed by atoms with Crippen LogP contribution in [0.25, 0.3) is 0 Å². The van der Waals surface area contributed by atoms with Crippen LogP contribution in [0.2, 0.25) is 0 Å². The Balaban J connectivity index is 1.53. The Kier molecular flexibility index (Phi) is 4.86. The molecule has 29 heavy (non-hydrogen) atoms. The van der Waals surface area contributed by atoms with Crippen molar-refractivity contribution < 1.29 is 18.8 Å². The number of ether oxygens (including phenoxy) is 1. The monoisotopic (exact) mass is 397 g/mol. The number of carbonyl (C=O) groups excluding carboxylic acids is 1. The van der Waals surface area contributed by atoms with Crippen LogP contribution in [0.3, 0.4) is 0 Å². The third-order valence-corrected chi connectivity index (χ3v) is 6.98. The van der Waals surface area contributed by atoms with Crippen molar-refractivity contribution in [2.45, 2.75) is 89.7 Å². The number of benzene rings is 1. The highest BCUT2D eigenvalue weighted by molar-refractivity contribution is 6.54. The van der Waals surface area contributed by atoms with E-state index < -0.39 is 5.60 Å². The lowest BCUT2D eigenvalue weighted by molar-refractivity contribution is 0.00578. The lowest BCUT2D eigenvalue weighted by atomic mass is 9.71. The van der Waals surface area contributed by atoms with Crippen molar-refractivity contribution in [1.82, 2.24) is 4.90 Å². The number of amides is 1. The number of carbonyl (C=O) groups is 1. The lowest BCUT2D eigenvalue weighted by Gasteiger charge is -2.36. The van der Waals surface area contributed by atoms with Gasteiger partial charge in [-0.2, -0.15) is 0 Å². The van der Waals surface area contributed by atoms with Crippen molar-refractivity contribution in [3.8, 4) is 0 Å². The third-order valence-electron chi connectivity index (χ3n) is 6.98. The Bertz CT molecular complexity index is 801. The van der Waals surface area contributed by atoms with Gasteiger partial charge in [0, 0.05) is 6.04 Å². The minimum absolute atomic E-state index is 0.0898. The molecule has 2 heterocycles. The molecule has 0 bridgehead atoms. The average molecular weight is 397 g/mol. The Hall–Kier alpha value is -1.79. The molecule has 2 atom stereocenters. The van der Waals surface area contributed by atoms with Gasteiger partial charge in [-0.15, -0.1) is 0 Å². The fourth-order valence-electron chi connectivity index (χ4n) is 4.63. The summed E-state index contributed by atoms with van der Waals surface area (Å²) < 4.78 is 18.2. The maximum absolute atomic E-state index is 12.8. The highest BCUT2D eigenvalue weighted by Gasteiger charge is 2.54. The molecule has 2 fully saturated rings. The summed E-state index contributed by atoms with van der Waals surface area (Å²) in [5.41, 5.74) is 1.06. The molecule has 0 N–H and O–H groups in total. The summed E-state index contributed by atoms with van der Waals surface area (Å²) in [7, 11) is -0.298. The average Bonchev–Trinajstić information content (AvgIpc) is 3.02. The number of cyclic esters (lactones) is 1. The molecule has 5 nitrogen and oxygen atoms in total. The smallest absolute Gasteiger partial charge is 0.441 e. The zero-order valence-electron chi connectivity index (χ0n) is 18.4. The highest BCUT2D eigenvalue weighted by Crippen LogP contribution is 2.45. The zero-order chi connectivity index (χ0) is 21.0. The van der Waals surface area contributed by atoms with E-state index in [9.17, 15) is 4.79 Å².